The number of amides is 1. The van der Waals surface area contributed by atoms with E-state index >= 15 is 0 Å². The molecule has 0 bridgehead atoms. The Bertz CT molecular complexity index is 154. The van der Waals surface area contributed by atoms with Gasteiger partial charge in [-0.2, -0.15) is 0 Å². The van der Waals surface area contributed by atoms with Crippen LogP contribution in [0.5, 0.6) is 0 Å². The quantitative estimate of drug-likeness (QED) is 0.398. The molecular formula is C7H13NO3. The molecule has 0 unspecified atom stereocenters. The van der Waals surface area contributed by atoms with Gasteiger partial charge in [-0.15, -0.1) is 0 Å². The van der Waals surface area contributed by atoms with Gasteiger partial charge in [0, 0.05) is 19.0 Å². The molecule has 3 N–H and O–H groups in total. The van der Waals surface area contributed by atoms with Gasteiger partial charge in [0.2, 0.25) is 5.91 Å². The zero-order valence-corrected chi connectivity index (χ0v) is 6.50. The Morgan fingerprint density at radius 3 is 2.73 bits per heavy atom. The molecule has 0 rings (SSSR count). The Balaban J connectivity index is 3.67. The summed E-state index contributed by atoms with van der Waals surface area (Å²) in [6.45, 7) is 1.87. The van der Waals surface area contributed by atoms with E-state index in [0.29, 0.717) is 6.42 Å². The molecule has 0 heterocycles. The second-order valence-corrected chi connectivity index (χ2v) is 2.00. The van der Waals surface area contributed by atoms with Crippen molar-refractivity contribution in [1.29, 1.82) is 0 Å². The van der Waals surface area contributed by atoms with E-state index in [2.05, 4.69) is 5.32 Å². The number of nitrogens with one attached hydrogen (secondary N) is 1. The van der Waals surface area contributed by atoms with Gasteiger partial charge in [-0.3, -0.25) is 4.79 Å². The molecule has 64 valence electrons. The SMILES string of the molecule is CCC(O)=CC(=O)NCCO. The van der Waals surface area contributed by atoms with Crippen LogP contribution >= 0.6 is 0 Å². The topological polar surface area (TPSA) is 69.6 Å². The molecule has 0 aliphatic rings. The second kappa shape index (κ2) is 5.73. The summed E-state index contributed by atoms with van der Waals surface area (Å²) in [5.41, 5.74) is 0. The maximum Gasteiger partial charge on any atom is 0.247 e. The van der Waals surface area contributed by atoms with Crippen molar-refractivity contribution in [3.8, 4) is 0 Å². The van der Waals surface area contributed by atoms with Gasteiger partial charge in [-0.25, -0.2) is 0 Å². The van der Waals surface area contributed by atoms with Crippen LogP contribution in [0.25, 0.3) is 0 Å². The standard InChI is InChI=1S/C7H13NO3/c1-2-6(10)5-7(11)8-3-4-9/h5,9-10H,2-4H2,1H3,(H,8,11). The third kappa shape index (κ3) is 5.42. The average molecular weight is 159 g/mol. The van der Waals surface area contributed by atoms with Gasteiger partial charge in [0.1, 0.15) is 0 Å². The summed E-state index contributed by atoms with van der Waals surface area (Å²) < 4.78 is 0. The van der Waals surface area contributed by atoms with Crippen LogP contribution in [0, 0.1) is 0 Å². The summed E-state index contributed by atoms with van der Waals surface area (Å²) in [6.07, 6.45) is 1.54. The summed E-state index contributed by atoms with van der Waals surface area (Å²) in [7, 11) is 0. The highest BCUT2D eigenvalue weighted by atomic mass is 16.3. The molecule has 11 heavy (non-hydrogen) atoms. The maximum atomic E-state index is 10.7. The first-order chi connectivity index (χ1) is 5.20. The van der Waals surface area contributed by atoms with Crippen molar-refractivity contribution >= 4 is 5.91 Å². The minimum atomic E-state index is -0.376. The van der Waals surface area contributed by atoms with Crippen molar-refractivity contribution < 1.29 is 15.0 Å². The van der Waals surface area contributed by atoms with Crippen LogP contribution in [-0.2, 0) is 4.79 Å². The molecule has 0 saturated heterocycles. The third-order valence-corrected chi connectivity index (χ3v) is 1.07. The zero-order chi connectivity index (χ0) is 8.69. The third-order valence-electron chi connectivity index (χ3n) is 1.07. The molecule has 4 nitrogen and oxygen atoms in total. The summed E-state index contributed by atoms with van der Waals surface area (Å²) in [6, 6.07) is 0. The smallest absolute Gasteiger partial charge is 0.247 e. The molecule has 1 amide bonds. The molecule has 0 atom stereocenters. The lowest BCUT2D eigenvalue weighted by Gasteiger charge is -1.97. The summed E-state index contributed by atoms with van der Waals surface area (Å²) in [5, 5.41) is 19.5. The van der Waals surface area contributed by atoms with E-state index < -0.39 is 0 Å². The highest BCUT2D eigenvalue weighted by Gasteiger charge is 1.95. The fourth-order valence-corrected chi connectivity index (χ4v) is 0.484. The van der Waals surface area contributed by atoms with E-state index in [9.17, 15) is 4.79 Å². The summed E-state index contributed by atoms with van der Waals surface area (Å²) in [4.78, 5) is 10.7. The van der Waals surface area contributed by atoms with Crippen LogP contribution in [0.4, 0.5) is 0 Å². The van der Waals surface area contributed by atoms with E-state index in [4.69, 9.17) is 10.2 Å². The van der Waals surface area contributed by atoms with Gasteiger partial charge < -0.3 is 15.5 Å². The number of allylic oxidation sites excluding steroid dienone is 1. The molecule has 0 aromatic rings. The van der Waals surface area contributed by atoms with Crippen molar-refractivity contribution in [3.63, 3.8) is 0 Å². The Morgan fingerprint density at radius 1 is 1.64 bits per heavy atom. The zero-order valence-electron chi connectivity index (χ0n) is 6.50. The van der Waals surface area contributed by atoms with Gasteiger partial charge in [0.15, 0.2) is 0 Å². The molecular weight excluding hydrogens is 146 g/mol. The first kappa shape index (κ1) is 9.97. The lowest BCUT2D eigenvalue weighted by Crippen LogP contribution is -2.24. The van der Waals surface area contributed by atoms with E-state index in [1.165, 1.54) is 0 Å². The normalized spacial score (nSPS) is 11.3. The van der Waals surface area contributed by atoms with Crippen LogP contribution in [0.3, 0.4) is 0 Å². The minimum Gasteiger partial charge on any atom is -0.512 e. The lowest BCUT2D eigenvalue weighted by molar-refractivity contribution is -0.116. The van der Waals surface area contributed by atoms with Crippen molar-refractivity contribution in [2.45, 2.75) is 13.3 Å². The Kier molecular flexibility index (Phi) is 5.20. The van der Waals surface area contributed by atoms with Gasteiger partial charge in [-0.05, 0) is 0 Å². The Morgan fingerprint density at radius 2 is 2.27 bits per heavy atom. The molecule has 0 aliphatic heterocycles. The lowest BCUT2D eigenvalue weighted by atomic mass is 10.3. The van der Waals surface area contributed by atoms with Crippen molar-refractivity contribution in [1.82, 2.24) is 5.32 Å². The van der Waals surface area contributed by atoms with Crippen LogP contribution in [-0.4, -0.2) is 29.3 Å². The Labute approximate surface area is 65.5 Å². The number of hydrogen-bond acceptors (Lipinski definition) is 3. The van der Waals surface area contributed by atoms with Crippen molar-refractivity contribution in [2.75, 3.05) is 13.2 Å². The Hall–Kier alpha value is -1.03. The van der Waals surface area contributed by atoms with Gasteiger partial charge in [-0.1, -0.05) is 6.92 Å². The van der Waals surface area contributed by atoms with Crippen LogP contribution in [0.2, 0.25) is 0 Å². The monoisotopic (exact) mass is 159 g/mol. The summed E-state index contributed by atoms with van der Waals surface area (Å²) in [5.74, 6) is -0.334. The van der Waals surface area contributed by atoms with E-state index in [-0.39, 0.29) is 24.8 Å². The molecule has 0 spiro atoms. The number of aliphatic hydroxyl groups is 2. The molecule has 0 aliphatic carbocycles. The van der Waals surface area contributed by atoms with Crippen LogP contribution in [0.15, 0.2) is 11.8 Å². The second-order valence-electron chi connectivity index (χ2n) is 2.00. The van der Waals surface area contributed by atoms with Gasteiger partial charge in [0.25, 0.3) is 0 Å². The average Bonchev–Trinajstić information content (AvgIpc) is 2.00. The molecule has 4 heteroatoms. The first-order valence-electron chi connectivity index (χ1n) is 3.49. The van der Waals surface area contributed by atoms with E-state index in [0.717, 1.165) is 6.08 Å². The van der Waals surface area contributed by atoms with Gasteiger partial charge in [0.05, 0.1) is 12.4 Å². The van der Waals surface area contributed by atoms with Crippen molar-refractivity contribution in [3.05, 3.63) is 11.8 Å². The first-order valence-corrected chi connectivity index (χ1v) is 3.49. The maximum absolute atomic E-state index is 10.7. The molecule has 0 radical (unpaired) electrons. The molecule has 0 aromatic heterocycles. The summed E-state index contributed by atoms with van der Waals surface area (Å²) >= 11 is 0. The number of aliphatic hydroxyl groups excluding tert-OH is 2. The fraction of sp³-hybridized carbons (Fsp3) is 0.571. The highest BCUT2D eigenvalue weighted by molar-refractivity contribution is 5.87. The predicted molar refractivity (Wildman–Crippen MR) is 41.1 cm³/mol. The van der Waals surface area contributed by atoms with Crippen LogP contribution < -0.4 is 5.32 Å². The molecule has 0 fully saturated rings. The van der Waals surface area contributed by atoms with Gasteiger partial charge >= 0.3 is 0 Å². The highest BCUT2D eigenvalue weighted by Crippen LogP contribution is 1.92. The number of carbonyl (C=O) groups excluding carboxylic acids is 1. The number of carbonyl (C=O) groups is 1. The predicted octanol–water partition coefficient (Wildman–Crippen LogP) is -0.0532. The minimum absolute atomic E-state index is 0.0421. The van der Waals surface area contributed by atoms with E-state index in [1.807, 2.05) is 0 Å². The van der Waals surface area contributed by atoms with E-state index in [1.54, 1.807) is 6.92 Å². The van der Waals surface area contributed by atoms with Crippen molar-refractivity contribution in [2.24, 2.45) is 0 Å². The molecule has 0 aromatic carbocycles. The largest absolute Gasteiger partial charge is 0.512 e. The molecule has 0 saturated carbocycles. The fourth-order valence-electron chi connectivity index (χ4n) is 0.484. The van der Waals surface area contributed by atoms with Crippen LogP contribution in [0.1, 0.15) is 13.3 Å². The number of hydrogen-bond donors (Lipinski definition) is 3. The number of rotatable bonds is 4.